The first-order valence-electron chi connectivity index (χ1n) is 9.99. The van der Waals surface area contributed by atoms with E-state index < -0.39 is 22.8 Å². The quantitative estimate of drug-likeness (QED) is 0.429. The van der Waals surface area contributed by atoms with Crippen molar-refractivity contribution in [3.63, 3.8) is 0 Å². The highest BCUT2D eigenvalue weighted by Crippen LogP contribution is 2.35. The molecule has 0 spiro atoms. The molecule has 4 rings (SSSR count). The Bertz CT molecular complexity index is 1220. The molecule has 2 amide bonds. The van der Waals surface area contributed by atoms with Crippen LogP contribution in [-0.4, -0.2) is 46.6 Å². The van der Waals surface area contributed by atoms with Gasteiger partial charge in [-0.1, -0.05) is 12.1 Å². The van der Waals surface area contributed by atoms with Crippen LogP contribution in [0.5, 0.6) is 11.5 Å². The van der Waals surface area contributed by atoms with Gasteiger partial charge in [-0.2, -0.15) is 0 Å². The molecule has 0 saturated carbocycles. The van der Waals surface area contributed by atoms with Crippen molar-refractivity contribution in [2.24, 2.45) is 7.05 Å². The molecule has 1 N–H and O–H groups in total. The summed E-state index contributed by atoms with van der Waals surface area (Å²) in [6, 6.07) is 10.5. The third-order valence-corrected chi connectivity index (χ3v) is 5.25. The number of non-ortho nitro benzene ring substituents is 1. The van der Waals surface area contributed by atoms with Crippen LogP contribution in [0, 0.1) is 10.1 Å². The number of amides is 2. The van der Waals surface area contributed by atoms with Crippen LogP contribution in [0.4, 0.5) is 11.4 Å². The number of anilines is 1. The van der Waals surface area contributed by atoms with Crippen molar-refractivity contribution in [2.45, 2.75) is 6.04 Å². The van der Waals surface area contributed by atoms with Crippen molar-refractivity contribution < 1.29 is 24.0 Å². The molecule has 3 aromatic rings. The monoisotopic (exact) mass is 451 g/mol. The average molecular weight is 451 g/mol. The zero-order valence-electron chi connectivity index (χ0n) is 17.9. The molecule has 11 heteroatoms. The third-order valence-electron chi connectivity index (χ3n) is 5.25. The molecule has 170 valence electrons. The van der Waals surface area contributed by atoms with Crippen LogP contribution >= 0.6 is 0 Å². The molecule has 0 radical (unpaired) electrons. The van der Waals surface area contributed by atoms with Crippen molar-refractivity contribution in [3.05, 3.63) is 76.4 Å². The first kappa shape index (κ1) is 21.8. The van der Waals surface area contributed by atoms with Crippen molar-refractivity contribution in [2.75, 3.05) is 25.2 Å². The molecule has 1 aliphatic rings. The molecule has 0 bridgehead atoms. The standard InChI is InChI=1S/C22H21N5O6/c1-25-9-8-23-22(25)21(14-4-3-5-16(10-14)32-2)24-19(28)12-26-17-11-15(27(30)31)6-7-18(17)33-13-20(26)29/h3-11,21H,12-13H2,1-2H3,(H,24,28). The number of nitrogens with zero attached hydrogens (tertiary/aromatic N) is 4. The minimum absolute atomic E-state index is 0.172. The van der Waals surface area contributed by atoms with E-state index in [1.165, 1.54) is 23.1 Å². The van der Waals surface area contributed by atoms with Gasteiger partial charge < -0.3 is 19.4 Å². The number of hydrogen-bond donors (Lipinski definition) is 1. The second-order valence-electron chi connectivity index (χ2n) is 7.35. The summed E-state index contributed by atoms with van der Waals surface area (Å²) in [5, 5.41) is 14.1. The maximum Gasteiger partial charge on any atom is 0.271 e. The molecule has 0 aliphatic carbocycles. The van der Waals surface area contributed by atoms with Crippen molar-refractivity contribution in [1.82, 2.24) is 14.9 Å². The fourth-order valence-electron chi connectivity index (χ4n) is 3.60. The Kier molecular flexibility index (Phi) is 5.94. The molecule has 1 unspecified atom stereocenters. The smallest absolute Gasteiger partial charge is 0.271 e. The number of ether oxygens (including phenoxy) is 2. The summed E-state index contributed by atoms with van der Waals surface area (Å²) in [6.45, 7) is -0.613. The number of imidazole rings is 1. The number of methoxy groups -OCH3 is 1. The number of carbonyl (C=O) groups is 2. The molecule has 2 aromatic carbocycles. The maximum absolute atomic E-state index is 13.1. The van der Waals surface area contributed by atoms with Crippen molar-refractivity contribution >= 4 is 23.2 Å². The third kappa shape index (κ3) is 4.47. The summed E-state index contributed by atoms with van der Waals surface area (Å²) in [7, 11) is 3.36. The average Bonchev–Trinajstić information content (AvgIpc) is 3.24. The highest BCUT2D eigenvalue weighted by Gasteiger charge is 2.30. The highest BCUT2D eigenvalue weighted by atomic mass is 16.6. The lowest BCUT2D eigenvalue weighted by Gasteiger charge is -2.29. The van der Waals surface area contributed by atoms with E-state index in [4.69, 9.17) is 9.47 Å². The Hall–Kier alpha value is -4.41. The van der Waals surface area contributed by atoms with Gasteiger partial charge in [0.1, 0.15) is 29.9 Å². The zero-order valence-corrected chi connectivity index (χ0v) is 17.9. The van der Waals surface area contributed by atoms with E-state index in [1.807, 2.05) is 13.1 Å². The van der Waals surface area contributed by atoms with Gasteiger partial charge in [0.2, 0.25) is 5.91 Å². The summed E-state index contributed by atoms with van der Waals surface area (Å²) in [5.41, 5.74) is 0.701. The van der Waals surface area contributed by atoms with E-state index in [9.17, 15) is 19.7 Å². The number of aryl methyl sites for hydroxylation is 1. The Labute approximate surface area is 188 Å². The summed E-state index contributed by atoms with van der Waals surface area (Å²) in [5.74, 6) is 0.541. The maximum atomic E-state index is 13.1. The fourth-order valence-corrected chi connectivity index (χ4v) is 3.60. The van der Waals surface area contributed by atoms with Gasteiger partial charge in [0.25, 0.3) is 11.6 Å². The van der Waals surface area contributed by atoms with Crippen LogP contribution in [0.1, 0.15) is 17.4 Å². The second kappa shape index (κ2) is 8.99. The number of aromatic nitrogens is 2. The number of nitro benzene ring substituents is 1. The highest BCUT2D eigenvalue weighted by molar-refractivity contribution is 6.02. The van der Waals surface area contributed by atoms with E-state index in [0.717, 1.165) is 5.56 Å². The van der Waals surface area contributed by atoms with Gasteiger partial charge >= 0.3 is 0 Å². The molecule has 11 nitrogen and oxygen atoms in total. The molecule has 33 heavy (non-hydrogen) atoms. The fraction of sp³-hybridized carbons (Fsp3) is 0.227. The predicted molar refractivity (Wildman–Crippen MR) is 117 cm³/mol. The molecular weight excluding hydrogens is 430 g/mol. The van der Waals surface area contributed by atoms with Crippen LogP contribution in [0.2, 0.25) is 0 Å². The Morgan fingerprint density at radius 2 is 2.15 bits per heavy atom. The second-order valence-corrected chi connectivity index (χ2v) is 7.35. The van der Waals surface area contributed by atoms with E-state index in [1.54, 1.807) is 42.3 Å². The van der Waals surface area contributed by atoms with E-state index in [-0.39, 0.29) is 24.5 Å². The van der Waals surface area contributed by atoms with E-state index in [2.05, 4.69) is 10.3 Å². The van der Waals surface area contributed by atoms with Crippen LogP contribution in [0.25, 0.3) is 0 Å². The predicted octanol–water partition coefficient (Wildman–Crippen LogP) is 1.97. The number of hydrogen-bond acceptors (Lipinski definition) is 7. The molecule has 0 saturated heterocycles. The lowest BCUT2D eigenvalue weighted by atomic mass is 10.1. The molecule has 1 aromatic heterocycles. The molecule has 2 heterocycles. The van der Waals surface area contributed by atoms with Gasteiger partial charge in [0, 0.05) is 31.6 Å². The normalized spacial score (nSPS) is 13.6. The number of nitro groups is 1. The van der Waals surface area contributed by atoms with Gasteiger partial charge in [-0.15, -0.1) is 0 Å². The molecular formula is C22H21N5O6. The number of benzene rings is 2. The largest absolute Gasteiger partial charge is 0.497 e. The van der Waals surface area contributed by atoms with Crippen LogP contribution < -0.4 is 19.7 Å². The summed E-state index contributed by atoms with van der Waals surface area (Å²) >= 11 is 0. The number of rotatable bonds is 7. The summed E-state index contributed by atoms with van der Waals surface area (Å²) < 4.78 is 12.4. The number of fused-ring (bicyclic) bond motifs is 1. The Morgan fingerprint density at radius 1 is 1.33 bits per heavy atom. The first-order chi connectivity index (χ1) is 15.9. The van der Waals surface area contributed by atoms with Crippen molar-refractivity contribution in [3.8, 4) is 11.5 Å². The van der Waals surface area contributed by atoms with Crippen LogP contribution in [0.15, 0.2) is 54.9 Å². The number of nitrogens with one attached hydrogen (secondary N) is 1. The zero-order chi connectivity index (χ0) is 23.5. The van der Waals surface area contributed by atoms with Gasteiger partial charge in [0.05, 0.1) is 17.7 Å². The minimum Gasteiger partial charge on any atom is -0.497 e. The topological polar surface area (TPSA) is 129 Å². The molecule has 0 fully saturated rings. The van der Waals surface area contributed by atoms with Gasteiger partial charge in [-0.3, -0.25) is 24.6 Å². The van der Waals surface area contributed by atoms with Crippen LogP contribution in [-0.2, 0) is 16.6 Å². The lowest BCUT2D eigenvalue weighted by molar-refractivity contribution is -0.384. The van der Waals surface area contributed by atoms with Crippen LogP contribution in [0.3, 0.4) is 0 Å². The van der Waals surface area contributed by atoms with E-state index >= 15 is 0 Å². The minimum atomic E-state index is -0.617. The van der Waals surface area contributed by atoms with Crippen molar-refractivity contribution in [1.29, 1.82) is 0 Å². The molecule has 1 atom stereocenters. The van der Waals surface area contributed by atoms with E-state index in [0.29, 0.717) is 17.3 Å². The summed E-state index contributed by atoms with van der Waals surface area (Å²) in [6.07, 6.45) is 3.38. The van der Waals surface area contributed by atoms with Gasteiger partial charge in [-0.05, 0) is 23.8 Å². The SMILES string of the molecule is COc1cccc(C(NC(=O)CN2C(=O)COc3ccc([N+](=O)[O-])cc32)c2nccn2C)c1. The Morgan fingerprint density at radius 3 is 2.85 bits per heavy atom. The first-order valence-corrected chi connectivity index (χ1v) is 9.99. The number of carbonyl (C=O) groups excluding carboxylic acids is 2. The Balaban J connectivity index is 1.62. The van der Waals surface area contributed by atoms with Gasteiger partial charge in [-0.25, -0.2) is 4.98 Å². The summed E-state index contributed by atoms with van der Waals surface area (Å²) in [4.78, 5) is 41.7. The molecule has 1 aliphatic heterocycles. The van der Waals surface area contributed by atoms with Gasteiger partial charge in [0.15, 0.2) is 6.61 Å². The lowest BCUT2D eigenvalue weighted by Crippen LogP contribution is -2.46.